The highest BCUT2D eigenvalue weighted by Crippen LogP contribution is 2.33. The molecule has 0 radical (unpaired) electrons. The van der Waals surface area contributed by atoms with Crippen molar-refractivity contribution >= 4 is 5.91 Å². The highest BCUT2D eigenvalue weighted by molar-refractivity contribution is 5.95. The van der Waals surface area contributed by atoms with Crippen molar-refractivity contribution in [3.05, 3.63) is 45.9 Å². The van der Waals surface area contributed by atoms with Gasteiger partial charge in [-0.25, -0.2) is 0 Å². The van der Waals surface area contributed by atoms with Gasteiger partial charge in [-0.2, -0.15) is 0 Å². The SMILES string of the molecule is CCCn1cnnc1CN(C)C(=O)c1c(C)ccn(C2CC2)c1=O. The van der Waals surface area contributed by atoms with Gasteiger partial charge in [0.2, 0.25) is 0 Å². The van der Waals surface area contributed by atoms with Crippen LogP contribution in [-0.2, 0) is 13.1 Å². The van der Waals surface area contributed by atoms with E-state index in [1.807, 2.05) is 10.6 Å². The van der Waals surface area contributed by atoms with Gasteiger partial charge in [-0.05, 0) is 37.8 Å². The number of carbonyl (C=O) groups is 1. The number of hydrogen-bond donors (Lipinski definition) is 0. The summed E-state index contributed by atoms with van der Waals surface area (Å²) < 4.78 is 3.62. The first-order valence-corrected chi connectivity index (χ1v) is 8.36. The fourth-order valence-electron chi connectivity index (χ4n) is 2.85. The van der Waals surface area contributed by atoms with E-state index in [9.17, 15) is 9.59 Å². The van der Waals surface area contributed by atoms with Gasteiger partial charge < -0.3 is 14.0 Å². The van der Waals surface area contributed by atoms with E-state index in [2.05, 4.69) is 17.1 Å². The largest absolute Gasteiger partial charge is 0.334 e. The average molecular weight is 329 g/mol. The van der Waals surface area contributed by atoms with Crippen LogP contribution in [0.1, 0.15) is 54.0 Å². The molecule has 0 aromatic carbocycles. The third-order valence-electron chi connectivity index (χ3n) is 4.37. The van der Waals surface area contributed by atoms with Gasteiger partial charge in [0.1, 0.15) is 11.9 Å². The maximum atomic E-state index is 12.8. The second-order valence-corrected chi connectivity index (χ2v) is 6.42. The number of pyridine rings is 1. The summed E-state index contributed by atoms with van der Waals surface area (Å²) in [7, 11) is 1.70. The van der Waals surface area contributed by atoms with E-state index in [0.717, 1.165) is 31.6 Å². The molecule has 1 saturated carbocycles. The lowest BCUT2D eigenvalue weighted by molar-refractivity contribution is 0.0776. The second kappa shape index (κ2) is 6.59. The van der Waals surface area contributed by atoms with Gasteiger partial charge in [-0.1, -0.05) is 6.92 Å². The zero-order valence-corrected chi connectivity index (χ0v) is 14.4. The zero-order valence-electron chi connectivity index (χ0n) is 14.4. The Kier molecular flexibility index (Phi) is 4.51. The van der Waals surface area contributed by atoms with E-state index in [1.165, 1.54) is 4.90 Å². The van der Waals surface area contributed by atoms with Gasteiger partial charge in [0.25, 0.3) is 11.5 Å². The summed E-state index contributed by atoms with van der Waals surface area (Å²) >= 11 is 0. The molecule has 1 amide bonds. The Labute approximate surface area is 140 Å². The maximum Gasteiger partial charge on any atom is 0.263 e. The molecule has 0 aliphatic heterocycles. The van der Waals surface area contributed by atoms with Crippen molar-refractivity contribution in [2.75, 3.05) is 7.05 Å². The van der Waals surface area contributed by atoms with Crippen LogP contribution in [0.2, 0.25) is 0 Å². The Morgan fingerprint density at radius 2 is 2.17 bits per heavy atom. The highest BCUT2D eigenvalue weighted by atomic mass is 16.2. The molecule has 2 heterocycles. The number of hydrogen-bond acceptors (Lipinski definition) is 4. The number of carbonyl (C=O) groups excluding carboxylic acids is 1. The Hall–Kier alpha value is -2.44. The number of amides is 1. The minimum Gasteiger partial charge on any atom is -0.334 e. The monoisotopic (exact) mass is 329 g/mol. The van der Waals surface area contributed by atoms with E-state index >= 15 is 0 Å². The number of rotatable bonds is 6. The molecule has 0 atom stereocenters. The van der Waals surface area contributed by atoms with E-state index in [1.54, 1.807) is 31.1 Å². The van der Waals surface area contributed by atoms with Crippen LogP contribution in [-0.4, -0.2) is 37.2 Å². The quantitative estimate of drug-likeness (QED) is 0.809. The van der Waals surface area contributed by atoms with Crippen molar-refractivity contribution in [2.24, 2.45) is 0 Å². The second-order valence-electron chi connectivity index (χ2n) is 6.42. The van der Waals surface area contributed by atoms with Crippen LogP contribution in [0.15, 0.2) is 23.4 Å². The van der Waals surface area contributed by atoms with Crippen molar-refractivity contribution in [1.82, 2.24) is 24.2 Å². The van der Waals surface area contributed by atoms with Gasteiger partial charge in [0, 0.05) is 25.8 Å². The predicted molar refractivity (Wildman–Crippen MR) is 89.8 cm³/mol. The van der Waals surface area contributed by atoms with Gasteiger partial charge in [-0.15, -0.1) is 10.2 Å². The maximum absolute atomic E-state index is 12.8. The van der Waals surface area contributed by atoms with Crippen molar-refractivity contribution in [2.45, 2.75) is 52.2 Å². The molecule has 24 heavy (non-hydrogen) atoms. The van der Waals surface area contributed by atoms with Crippen LogP contribution in [0.4, 0.5) is 0 Å². The van der Waals surface area contributed by atoms with Crippen LogP contribution in [0.25, 0.3) is 0 Å². The topological polar surface area (TPSA) is 73.0 Å². The Morgan fingerprint density at radius 3 is 2.83 bits per heavy atom. The standard InChI is InChI=1S/C17H23N5O2/c1-4-8-21-11-18-19-14(21)10-20(3)16(23)15-12(2)7-9-22(17(15)24)13-5-6-13/h7,9,11,13H,4-6,8,10H2,1-3H3. The molecule has 2 aromatic rings. The fourth-order valence-corrected chi connectivity index (χ4v) is 2.85. The minimum atomic E-state index is -0.265. The molecular formula is C17H23N5O2. The highest BCUT2D eigenvalue weighted by Gasteiger charge is 2.28. The molecule has 2 aromatic heterocycles. The van der Waals surface area contributed by atoms with Crippen LogP contribution in [0.5, 0.6) is 0 Å². The molecule has 1 aliphatic rings. The summed E-state index contributed by atoms with van der Waals surface area (Å²) in [6.45, 7) is 5.02. The van der Waals surface area contributed by atoms with Gasteiger partial charge >= 0.3 is 0 Å². The summed E-state index contributed by atoms with van der Waals surface area (Å²) in [5.41, 5.74) is 0.779. The number of aryl methyl sites for hydroxylation is 2. The first kappa shape index (κ1) is 16.4. The molecule has 128 valence electrons. The first-order chi connectivity index (χ1) is 11.5. The van der Waals surface area contributed by atoms with Crippen LogP contribution < -0.4 is 5.56 Å². The molecule has 3 rings (SSSR count). The molecule has 0 spiro atoms. The minimum absolute atomic E-state index is 0.190. The zero-order chi connectivity index (χ0) is 17.3. The summed E-state index contributed by atoms with van der Waals surface area (Å²) in [6.07, 6.45) is 6.45. The lowest BCUT2D eigenvalue weighted by Gasteiger charge is -2.18. The predicted octanol–water partition coefficient (Wildman–Crippen LogP) is 1.77. The number of aromatic nitrogens is 4. The lowest BCUT2D eigenvalue weighted by atomic mass is 10.1. The van der Waals surface area contributed by atoms with Gasteiger partial charge in [0.15, 0.2) is 5.82 Å². The molecule has 0 N–H and O–H groups in total. The van der Waals surface area contributed by atoms with Gasteiger partial charge in [0.05, 0.1) is 6.54 Å². The molecule has 7 nitrogen and oxygen atoms in total. The summed E-state index contributed by atoms with van der Waals surface area (Å²) in [5, 5.41) is 8.00. The van der Waals surface area contributed by atoms with E-state index in [-0.39, 0.29) is 23.1 Å². The Balaban J connectivity index is 1.84. The molecule has 7 heteroatoms. The summed E-state index contributed by atoms with van der Waals surface area (Å²) in [4.78, 5) is 27.0. The third-order valence-corrected chi connectivity index (χ3v) is 4.37. The van der Waals surface area contributed by atoms with E-state index < -0.39 is 0 Å². The molecule has 0 bridgehead atoms. The molecular weight excluding hydrogens is 306 g/mol. The molecule has 0 unspecified atom stereocenters. The van der Waals surface area contributed by atoms with Crippen molar-refractivity contribution in [1.29, 1.82) is 0 Å². The smallest absolute Gasteiger partial charge is 0.263 e. The van der Waals surface area contributed by atoms with Crippen molar-refractivity contribution < 1.29 is 4.79 Å². The van der Waals surface area contributed by atoms with Crippen LogP contribution in [0, 0.1) is 6.92 Å². The normalized spacial score (nSPS) is 14.0. The van der Waals surface area contributed by atoms with Crippen molar-refractivity contribution in [3.63, 3.8) is 0 Å². The van der Waals surface area contributed by atoms with E-state index in [4.69, 9.17) is 0 Å². The summed E-state index contributed by atoms with van der Waals surface area (Å²) in [6, 6.07) is 2.10. The molecule has 1 fully saturated rings. The Bertz CT molecular complexity index is 804. The fraction of sp³-hybridized carbons (Fsp3) is 0.529. The number of nitrogens with zero attached hydrogens (tertiary/aromatic N) is 5. The third kappa shape index (κ3) is 3.11. The van der Waals surface area contributed by atoms with Crippen LogP contribution >= 0.6 is 0 Å². The van der Waals surface area contributed by atoms with E-state index in [0.29, 0.717) is 12.1 Å². The summed E-state index contributed by atoms with van der Waals surface area (Å²) in [5.74, 6) is 0.461. The Morgan fingerprint density at radius 1 is 1.42 bits per heavy atom. The first-order valence-electron chi connectivity index (χ1n) is 8.36. The molecule has 1 aliphatic carbocycles. The average Bonchev–Trinajstić information content (AvgIpc) is 3.29. The molecule has 0 saturated heterocycles. The van der Waals surface area contributed by atoms with Crippen LogP contribution in [0.3, 0.4) is 0 Å². The van der Waals surface area contributed by atoms with Crippen molar-refractivity contribution in [3.8, 4) is 0 Å². The van der Waals surface area contributed by atoms with Gasteiger partial charge in [-0.3, -0.25) is 9.59 Å². The lowest BCUT2D eigenvalue weighted by Crippen LogP contribution is -2.35.